The van der Waals surface area contributed by atoms with Gasteiger partial charge in [-0.3, -0.25) is 37.3 Å². The summed E-state index contributed by atoms with van der Waals surface area (Å²) in [4.78, 5) is 73.2. The van der Waals surface area contributed by atoms with Crippen LogP contribution in [0.25, 0.3) is 0 Å². The van der Waals surface area contributed by atoms with Crippen LogP contribution in [0.15, 0.2) is 0 Å². The summed E-state index contributed by atoms with van der Waals surface area (Å²) in [6.45, 7) is 12.0. The second kappa shape index (κ2) is 75.1. The highest BCUT2D eigenvalue weighted by Crippen LogP contribution is 2.45. The van der Waals surface area contributed by atoms with Gasteiger partial charge in [0.2, 0.25) is 0 Å². The fraction of sp³-hybridized carbons (Fsp3) is 0.953. The minimum absolute atomic E-state index is 0.108. The van der Waals surface area contributed by atoms with Crippen molar-refractivity contribution in [3.63, 3.8) is 0 Å². The fourth-order valence-electron chi connectivity index (χ4n) is 13.2. The number of phosphoric acid groups is 2. The standard InChI is InChI=1S/C85H166O17P2/c1-8-9-10-11-12-13-14-21-31-38-45-52-59-66-82(87)95-72-80(101-84(89)68-61-54-47-40-33-26-19-16-23-29-36-43-50-57-64-77(4)5)74-99-103(91,92)97-70-79(86)71-98-104(93,94)100-75-81(102-85(90)69-62-55-48-41-34-27-20-17-24-30-37-44-51-58-65-78(6)7)73-96-83(88)67-60-53-46-39-32-25-18-15-22-28-35-42-49-56-63-76(2)3/h76-81,86H,8-75H2,1-7H3,(H,91,92)(H,93,94)/t79-,80+,81+/m0/s1. The van der Waals surface area contributed by atoms with Crippen LogP contribution in [0.1, 0.15) is 447 Å². The van der Waals surface area contributed by atoms with Crippen LogP contribution in [0.2, 0.25) is 0 Å². The van der Waals surface area contributed by atoms with Gasteiger partial charge in [-0.25, -0.2) is 9.13 Å². The van der Waals surface area contributed by atoms with Gasteiger partial charge in [0.1, 0.15) is 19.3 Å². The van der Waals surface area contributed by atoms with Gasteiger partial charge in [-0.15, -0.1) is 0 Å². The minimum atomic E-state index is -4.97. The van der Waals surface area contributed by atoms with Crippen LogP contribution in [-0.4, -0.2) is 96.7 Å². The number of carbonyl (C=O) groups is 4. The fourth-order valence-corrected chi connectivity index (χ4v) is 14.8. The van der Waals surface area contributed by atoms with Gasteiger partial charge < -0.3 is 33.8 Å². The number of ether oxygens (including phenoxy) is 4. The van der Waals surface area contributed by atoms with E-state index in [2.05, 4.69) is 48.5 Å². The van der Waals surface area contributed by atoms with Crippen LogP contribution in [-0.2, 0) is 65.4 Å². The van der Waals surface area contributed by atoms with Gasteiger partial charge in [0.05, 0.1) is 26.4 Å². The summed E-state index contributed by atoms with van der Waals surface area (Å²) in [6, 6.07) is 0. The third-order valence-corrected chi connectivity index (χ3v) is 21.8. The molecule has 0 saturated carbocycles. The van der Waals surface area contributed by atoms with Crippen LogP contribution >= 0.6 is 15.6 Å². The maximum atomic E-state index is 13.1. The van der Waals surface area contributed by atoms with Gasteiger partial charge in [-0.1, -0.05) is 395 Å². The Morgan fingerprint density at radius 3 is 0.654 bits per heavy atom. The molecule has 0 spiro atoms. The van der Waals surface area contributed by atoms with E-state index in [1.54, 1.807) is 0 Å². The van der Waals surface area contributed by atoms with Gasteiger partial charge in [0.15, 0.2) is 12.2 Å². The quantitative estimate of drug-likeness (QED) is 0.0222. The number of hydrogen-bond donors (Lipinski definition) is 3. The lowest BCUT2D eigenvalue weighted by molar-refractivity contribution is -0.161. The molecule has 0 aliphatic heterocycles. The van der Waals surface area contributed by atoms with Crippen molar-refractivity contribution in [2.24, 2.45) is 17.8 Å². The van der Waals surface area contributed by atoms with E-state index >= 15 is 0 Å². The molecule has 2 unspecified atom stereocenters. The lowest BCUT2D eigenvalue weighted by atomic mass is 10.0. The van der Waals surface area contributed by atoms with Crippen LogP contribution < -0.4 is 0 Å². The van der Waals surface area contributed by atoms with Gasteiger partial charge in [0.25, 0.3) is 0 Å². The Morgan fingerprint density at radius 1 is 0.260 bits per heavy atom. The lowest BCUT2D eigenvalue weighted by Crippen LogP contribution is -2.30. The zero-order valence-corrected chi connectivity index (χ0v) is 70.3. The van der Waals surface area contributed by atoms with E-state index in [-0.39, 0.29) is 25.7 Å². The monoisotopic (exact) mass is 1520 g/mol. The van der Waals surface area contributed by atoms with Crippen LogP contribution in [0.4, 0.5) is 0 Å². The molecule has 0 aromatic heterocycles. The first kappa shape index (κ1) is 102. The molecule has 0 amide bonds. The zero-order chi connectivity index (χ0) is 76.5. The Morgan fingerprint density at radius 2 is 0.442 bits per heavy atom. The highest BCUT2D eigenvalue weighted by Gasteiger charge is 2.30. The molecule has 0 aliphatic rings. The molecule has 0 saturated heterocycles. The van der Waals surface area contributed by atoms with E-state index in [0.717, 1.165) is 108 Å². The van der Waals surface area contributed by atoms with Crippen molar-refractivity contribution in [2.75, 3.05) is 39.6 Å². The molecule has 0 rings (SSSR count). The largest absolute Gasteiger partial charge is 0.472 e. The highest BCUT2D eigenvalue weighted by molar-refractivity contribution is 7.47. The van der Waals surface area contributed by atoms with Crippen LogP contribution in [0, 0.1) is 17.8 Å². The second-order valence-corrected chi connectivity index (χ2v) is 34.9. The molecule has 0 aromatic rings. The average Bonchev–Trinajstić information content (AvgIpc) is 0.915. The molecule has 0 bridgehead atoms. The number of esters is 4. The summed E-state index contributed by atoms with van der Waals surface area (Å²) >= 11 is 0. The van der Waals surface area contributed by atoms with Crippen LogP contribution in [0.3, 0.4) is 0 Å². The predicted octanol–water partition coefficient (Wildman–Crippen LogP) is 25.7. The number of unbranched alkanes of at least 4 members (excludes halogenated alkanes) is 51. The molecule has 0 radical (unpaired) electrons. The third kappa shape index (κ3) is 78.2. The second-order valence-electron chi connectivity index (χ2n) is 32.0. The third-order valence-electron chi connectivity index (χ3n) is 19.9. The Kier molecular flexibility index (Phi) is 73.7. The molecule has 104 heavy (non-hydrogen) atoms. The van der Waals surface area contributed by atoms with E-state index in [9.17, 15) is 43.2 Å². The van der Waals surface area contributed by atoms with E-state index in [4.69, 9.17) is 37.0 Å². The molecule has 0 aliphatic carbocycles. The summed E-state index contributed by atoms with van der Waals surface area (Å²) in [5, 5.41) is 10.7. The maximum Gasteiger partial charge on any atom is 0.472 e. The van der Waals surface area contributed by atoms with Gasteiger partial charge in [-0.05, 0) is 43.4 Å². The number of aliphatic hydroxyl groups excluding tert-OH is 1. The SMILES string of the molecule is CCCCCCCCCCCCCCCC(=O)OC[C@H](COP(=O)(O)OC[C@H](O)COP(=O)(O)OC[C@@H](COC(=O)CCCCCCCCCCCCCCCCC(C)C)OC(=O)CCCCCCCCCCCCCCCCC(C)C)OC(=O)CCCCCCCCCCCCCCCCC(C)C. The number of aliphatic hydroxyl groups is 1. The number of carbonyl (C=O) groups excluding carboxylic acids is 4. The van der Waals surface area contributed by atoms with Crippen LogP contribution in [0.5, 0.6) is 0 Å². The zero-order valence-electron chi connectivity index (χ0n) is 68.5. The van der Waals surface area contributed by atoms with Gasteiger partial charge >= 0.3 is 39.5 Å². The highest BCUT2D eigenvalue weighted by atomic mass is 31.2. The topological polar surface area (TPSA) is 237 Å². The van der Waals surface area contributed by atoms with E-state index in [1.807, 2.05) is 0 Å². The molecular formula is C85H166O17P2. The first-order chi connectivity index (χ1) is 50.2. The predicted molar refractivity (Wildman–Crippen MR) is 428 cm³/mol. The van der Waals surface area contributed by atoms with Gasteiger partial charge in [-0.2, -0.15) is 0 Å². The van der Waals surface area contributed by atoms with Crippen molar-refractivity contribution in [2.45, 2.75) is 465 Å². The summed E-state index contributed by atoms with van der Waals surface area (Å²) in [5.41, 5.74) is 0. The van der Waals surface area contributed by atoms with E-state index < -0.39 is 97.5 Å². The molecule has 19 heteroatoms. The normalized spacial score (nSPS) is 13.9. The molecule has 0 fully saturated rings. The van der Waals surface area contributed by atoms with Crippen molar-refractivity contribution < 1.29 is 80.2 Å². The number of phosphoric ester groups is 2. The Labute approximate surface area is 638 Å². The van der Waals surface area contributed by atoms with Gasteiger partial charge in [0, 0.05) is 25.7 Å². The minimum Gasteiger partial charge on any atom is -0.462 e. The first-order valence-electron chi connectivity index (χ1n) is 43.8. The molecular weight excluding hydrogens is 1350 g/mol. The average molecular weight is 1520 g/mol. The number of hydrogen-bond acceptors (Lipinski definition) is 15. The Balaban J connectivity index is 5.27. The van der Waals surface area contributed by atoms with Crippen molar-refractivity contribution in [3.05, 3.63) is 0 Å². The van der Waals surface area contributed by atoms with E-state index in [0.29, 0.717) is 25.7 Å². The molecule has 0 heterocycles. The molecule has 618 valence electrons. The smallest absolute Gasteiger partial charge is 0.462 e. The van der Waals surface area contributed by atoms with Crippen molar-refractivity contribution >= 4 is 39.5 Å². The summed E-state index contributed by atoms with van der Waals surface area (Å²) in [5.74, 6) is 0.287. The van der Waals surface area contributed by atoms with E-state index in [1.165, 1.54) is 257 Å². The lowest BCUT2D eigenvalue weighted by Gasteiger charge is -2.21. The summed E-state index contributed by atoms with van der Waals surface area (Å²) in [7, 11) is -9.93. The van der Waals surface area contributed by atoms with Crippen molar-refractivity contribution in [1.82, 2.24) is 0 Å². The van der Waals surface area contributed by atoms with Crippen molar-refractivity contribution in [3.8, 4) is 0 Å². The first-order valence-corrected chi connectivity index (χ1v) is 46.8. The van der Waals surface area contributed by atoms with Crippen molar-refractivity contribution in [1.29, 1.82) is 0 Å². The summed E-state index contributed by atoms with van der Waals surface area (Å²) in [6.07, 6.45) is 65.0. The Bertz CT molecular complexity index is 2010. The summed E-state index contributed by atoms with van der Waals surface area (Å²) < 4.78 is 68.9. The number of rotatable bonds is 83. The maximum absolute atomic E-state index is 13.1. The Hall–Kier alpha value is -1.94. The molecule has 0 aromatic carbocycles. The molecule has 5 atom stereocenters. The molecule has 17 nitrogen and oxygen atoms in total. The molecule has 3 N–H and O–H groups in total.